The van der Waals surface area contributed by atoms with Crippen LogP contribution in [0.15, 0.2) is 60.7 Å². The summed E-state index contributed by atoms with van der Waals surface area (Å²) in [4.78, 5) is 19.9. The average molecular weight is 607 g/mol. The number of amides is 1. The van der Waals surface area contributed by atoms with Gasteiger partial charge < -0.3 is 20.3 Å². The normalized spacial score (nSPS) is 17.7. The van der Waals surface area contributed by atoms with Crippen molar-refractivity contribution in [3.05, 3.63) is 88.2 Å². The van der Waals surface area contributed by atoms with Crippen LogP contribution < -0.4 is 10.5 Å². The molecule has 230 valence electrons. The molecule has 0 bridgehead atoms. The maximum absolute atomic E-state index is 14.5. The molecule has 43 heavy (non-hydrogen) atoms. The summed E-state index contributed by atoms with van der Waals surface area (Å²) in [7, 11) is 0. The van der Waals surface area contributed by atoms with Crippen molar-refractivity contribution in [2.24, 2.45) is 11.7 Å². The van der Waals surface area contributed by atoms with Crippen LogP contribution in [0.2, 0.25) is 5.02 Å². The second kappa shape index (κ2) is 14.7. The van der Waals surface area contributed by atoms with E-state index in [1.807, 2.05) is 24.0 Å². The predicted octanol–water partition coefficient (Wildman–Crippen LogP) is 5.78. The largest absolute Gasteiger partial charge is 0.493 e. The van der Waals surface area contributed by atoms with Gasteiger partial charge in [-0.1, -0.05) is 53.6 Å². The Bertz CT molecular complexity index is 1370. The van der Waals surface area contributed by atoms with E-state index in [4.69, 9.17) is 22.1 Å². The van der Waals surface area contributed by atoms with E-state index in [-0.39, 0.29) is 17.6 Å². The van der Waals surface area contributed by atoms with Crippen molar-refractivity contribution in [3.8, 4) is 16.9 Å². The smallest absolute Gasteiger partial charge is 0.239 e. The highest BCUT2D eigenvalue weighted by Gasteiger charge is 2.33. The van der Waals surface area contributed by atoms with Crippen LogP contribution in [0.25, 0.3) is 11.1 Å². The Balaban J connectivity index is 1.09. The van der Waals surface area contributed by atoms with Gasteiger partial charge in [-0.05, 0) is 93.1 Å². The molecule has 0 aromatic heterocycles. The Labute approximate surface area is 260 Å². The number of aryl methyl sites for hydroxylation is 1. The number of piperidine rings is 1. The van der Waals surface area contributed by atoms with Crippen LogP contribution in [0.5, 0.6) is 5.75 Å². The summed E-state index contributed by atoms with van der Waals surface area (Å²) in [6.45, 7) is 10.4. The van der Waals surface area contributed by atoms with E-state index in [1.54, 1.807) is 6.07 Å². The van der Waals surface area contributed by atoms with Crippen LogP contribution in [-0.2, 0) is 17.8 Å². The van der Waals surface area contributed by atoms with Gasteiger partial charge in [0.2, 0.25) is 5.91 Å². The van der Waals surface area contributed by atoms with Gasteiger partial charge in [-0.25, -0.2) is 4.39 Å². The molecule has 1 atom stereocenters. The Hall–Kier alpha value is -2.97. The van der Waals surface area contributed by atoms with Gasteiger partial charge in [-0.15, -0.1) is 0 Å². The van der Waals surface area contributed by atoms with Gasteiger partial charge in [0, 0.05) is 49.9 Å². The quantitative estimate of drug-likeness (QED) is 0.317. The number of rotatable bonds is 10. The number of carbonyl (C=O) groups is 1. The zero-order chi connectivity index (χ0) is 30.3. The van der Waals surface area contributed by atoms with Gasteiger partial charge in [0.1, 0.15) is 11.6 Å². The molecule has 2 aliphatic rings. The maximum Gasteiger partial charge on any atom is 0.239 e. The number of hydrogen-bond acceptors (Lipinski definition) is 5. The van der Waals surface area contributed by atoms with Crippen LogP contribution in [-0.4, -0.2) is 79.1 Å². The van der Waals surface area contributed by atoms with Crippen molar-refractivity contribution in [1.82, 2.24) is 14.7 Å². The molecular formula is C35H44ClFN4O2. The molecule has 3 aromatic carbocycles. The summed E-state index contributed by atoms with van der Waals surface area (Å²) in [5, 5.41) is 0.761. The average Bonchev–Trinajstić information content (AvgIpc) is 3.02. The van der Waals surface area contributed by atoms with E-state index in [0.29, 0.717) is 50.6 Å². The molecule has 8 heteroatoms. The van der Waals surface area contributed by atoms with E-state index in [9.17, 15) is 9.18 Å². The van der Waals surface area contributed by atoms with Crippen LogP contribution in [0, 0.1) is 18.7 Å². The minimum absolute atomic E-state index is 0.0423. The third-order valence-corrected chi connectivity index (χ3v) is 9.23. The summed E-state index contributed by atoms with van der Waals surface area (Å²) in [5.41, 5.74) is 12.1. The van der Waals surface area contributed by atoms with E-state index in [2.05, 4.69) is 53.1 Å². The molecule has 2 fully saturated rings. The predicted molar refractivity (Wildman–Crippen MR) is 172 cm³/mol. The lowest BCUT2D eigenvalue weighted by Gasteiger charge is -2.39. The van der Waals surface area contributed by atoms with Crippen LogP contribution in [0.4, 0.5) is 4.39 Å². The molecule has 0 unspecified atom stereocenters. The molecule has 0 radical (unpaired) electrons. The van der Waals surface area contributed by atoms with E-state index in [1.165, 1.54) is 28.3 Å². The topological polar surface area (TPSA) is 62.0 Å². The van der Waals surface area contributed by atoms with Crippen molar-refractivity contribution in [3.63, 3.8) is 0 Å². The van der Waals surface area contributed by atoms with Crippen LogP contribution in [0.1, 0.15) is 36.5 Å². The van der Waals surface area contributed by atoms with Gasteiger partial charge in [0.15, 0.2) is 0 Å². The lowest BCUT2D eigenvalue weighted by Crippen LogP contribution is -2.55. The number of halogens is 2. The molecule has 5 rings (SSSR count). The number of benzene rings is 3. The first-order valence-corrected chi connectivity index (χ1v) is 15.9. The summed E-state index contributed by atoms with van der Waals surface area (Å²) in [6, 6.07) is 19.3. The molecule has 3 aromatic rings. The number of likely N-dealkylation sites (tertiary alicyclic amines) is 1. The molecule has 1 amide bonds. The maximum atomic E-state index is 14.5. The molecule has 2 heterocycles. The minimum Gasteiger partial charge on any atom is -0.493 e. The minimum atomic E-state index is -0.481. The highest BCUT2D eigenvalue weighted by molar-refractivity contribution is 6.30. The van der Waals surface area contributed by atoms with E-state index < -0.39 is 6.04 Å². The third-order valence-electron chi connectivity index (χ3n) is 8.99. The standard InChI is InChI=1S/C35H44ClFN4O2/c1-3-43-33-6-4-5-32(37)31(33)24-40-19-21-41(22-20-40)35(42)34(38)27-13-16-39(17-14-27)18-15-28-23-29(36)11-12-30(28)26-9-7-25(2)8-10-26/h4-12,23,27,34H,3,13-22,24,38H2,1-2H3/t34-/m1/s1. The van der Waals surface area contributed by atoms with Crippen molar-refractivity contribution < 1.29 is 13.9 Å². The summed E-state index contributed by atoms with van der Waals surface area (Å²) >= 11 is 6.38. The SMILES string of the molecule is CCOc1cccc(F)c1CN1CCN(C(=O)[C@H](N)C2CCN(CCc3cc(Cl)ccc3-c3ccc(C)cc3)CC2)CC1. The third kappa shape index (κ3) is 7.95. The van der Waals surface area contributed by atoms with Gasteiger partial charge in [0.25, 0.3) is 0 Å². The second-order valence-corrected chi connectivity index (χ2v) is 12.3. The van der Waals surface area contributed by atoms with Gasteiger partial charge in [-0.3, -0.25) is 9.69 Å². The molecule has 2 saturated heterocycles. The molecule has 0 aliphatic carbocycles. The molecular weight excluding hydrogens is 563 g/mol. The van der Waals surface area contributed by atoms with Crippen molar-refractivity contribution in [2.45, 2.75) is 45.7 Å². The highest BCUT2D eigenvalue weighted by atomic mass is 35.5. The van der Waals surface area contributed by atoms with Crippen molar-refractivity contribution in [2.75, 3.05) is 52.4 Å². The second-order valence-electron chi connectivity index (χ2n) is 11.9. The Morgan fingerprint density at radius 3 is 2.42 bits per heavy atom. The summed E-state index contributed by atoms with van der Waals surface area (Å²) < 4.78 is 20.2. The van der Waals surface area contributed by atoms with E-state index >= 15 is 0 Å². The number of hydrogen-bond donors (Lipinski definition) is 1. The molecule has 6 nitrogen and oxygen atoms in total. The fourth-order valence-electron chi connectivity index (χ4n) is 6.34. The molecule has 2 N–H and O–H groups in total. The highest BCUT2D eigenvalue weighted by Crippen LogP contribution is 2.29. The van der Waals surface area contributed by atoms with Crippen LogP contribution >= 0.6 is 11.6 Å². The van der Waals surface area contributed by atoms with Gasteiger partial charge in [-0.2, -0.15) is 0 Å². The number of nitrogens with two attached hydrogens (primary N) is 1. The first-order chi connectivity index (χ1) is 20.8. The number of nitrogens with zero attached hydrogens (tertiary/aromatic N) is 3. The molecule has 0 spiro atoms. The fraction of sp³-hybridized carbons (Fsp3) is 0.457. The number of carbonyl (C=O) groups excluding carboxylic acids is 1. The first kappa shape index (κ1) is 31.5. The van der Waals surface area contributed by atoms with Crippen molar-refractivity contribution in [1.29, 1.82) is 0 Å². The Kier molecular flexibility index (Phi) is 10.7. The number of piperazine rings is 1. The van der Waals surface area contributed by atoms with Crippen LogP contribution in [0.3, 0.4) is 0 Å². The Morgan fingerprint density at radius 2 is 1.72 bits per heavy atom. The zero-order valence-electron chi connectivity index (χ0n) is 25.4. The zero-order valence-corrected chi connectivity index (χ0v) is 26.2. The summed E-state index contributed by atoms with van der Waals surface area (Å²) in [6.07, 6.45) is 2.75. The summed E-state index contributed by atoms with van der Waals surface area (Å²) in [5.74, 6) is 0.564. The lowest BCUT2D eigenvalue weighted by atomic mass is 9.88. The van der Waals surface area contributed by atoms with Crippen molar-refractivity contribution >= 4 is 17.5 Å². The molecule has 0 saturated carbocycles. The van der Waals surface area contributed by atoms with Gasteiger partial charge in [0.05, 0.1) is 12.6 Å². The fourth-order valence-corrected chi connectivity index (χ4v) is 6.54. The lowest BCUT2D eigenvalue weighted by molar-refractivity contribution is -0.136. The Morgan fingerprint density at radius 1 is 1.00 bits per heavy atom. The first-order valence-electron chi connectivity index (χ1n) is 15.6. The van der Waals surface area contributed by atoms with E-state index in [0.717, 1.165) is 43.9 Å². The monoisotopic (exact) mass is 606 g/mol. The van der Waals surface area contributed by atoms with Gasteiger partial charge >= 0.3 is 0 Å². The molecule has 2 aliphatic heterocycles. The number of ether oxygens (including phenoxy) is 1.